The van der Waals surface area contributed by atoms with Crippen LogP contribution in [0.5, 0.6) is 0 Å². The summed E-state index contributed by atoms with van der Waals surface area (Å²) in [7, 11) is 12.9. The van der Waals surface area contributed by atoms with E-state index in [1.54, 1.807) is 14.1 Å². The lowest BCUT2D eigenvalue weighted by atomic mass is 10.6. The number of hydrogen-bond donors (Lipinski definition) is 0. The van der Waals surface area contributed by atoms with E-state index in [0.29, 0.717) is 0 Å². The second kappa shape index (κ2) is 18.7. The average molecular weight is 202 g/mol. The van der Waals surface area contributed by atoms with E-state index < -0.39 is 0 Å². The van der Waals surface area contributed by atoms with Crippen LogP contribution in [0.3, 0.4) is 0 Å². The quantitative estimate of drug-likeness (QED) is 0.504. The van der Waals surface area contributed by atoms with E-state index in [0.717, 1.165) is 13.1 Å². The molecule has 14 heavy (non-hydrogen) atoms. The SMILES string of the molecule is C.C.[B]ON(C)CC.[B]ON(C)CC. The van der Waals surface area contributed by atoms with E-state index in [1.807, 2.05) is 13.8 Å². The molecular weight excluding hydrogens is 178 g/mol. The van der Waals surface area contributed by atoms with Crippen LogP contribution in [-0.4, -0.2) is 53.4 Å². The summed E-state index contributed by atoms with van der Waals surface area (Å²) < 4.78 is 8.47. The van der Waals surface area contributed by atoms with Gasteiger partial charge in [-0.2, -0.15) is 0 Å². The minimum atomic E-state index is 0. The summed E-state index contributed by atoms with van der Waals surface area (Å²) in [6.45, 7) is 5.53. The second-order valence-electron chi connectivity index (χ2n) is 2.10. The van der Waals surface area contributed by atoms with Gasteiger partial charge in [0.15, 0.2) is 0 Å². The molecule has 0 aromatic rings. The van der Waals surface area contributed by atoms with Crippen molar-refractivity contribution in [3.8, 4) is 0 Å². The first-order chi connectivity index (χ1) is 5.62. The molecular formula is C8H24B2N2O2. The summed E-state index contributed by atoms with van der Waals surface area (Å²) in [5.74, 6) is 0. The Kier molecular flexibility index (Phi) is 31.6. The highest BCUT2D eigenvalue weighted by molar-refractivity contribution is 5.97. The minimum Gasteiger partial charge on any atom is -0.374 e. The second-order valence-corrected chi connectivity index (χ2v) is 2.10. The zero-order chi connectivity index (χ0) is 9.98. The molecule has 0 aromatic carbocycles. The fourth-order valence-corrected chi connectivity index (χ4v) is 0.149. The van der Waals surface area contributed by atoms with Gasteiger partial charge in [-0.25, -0.2) is 10.1 Å². The molecule has 0 saturated carbocycles. The van der Waals surface area contributed by atoms with Crippen LogP contribution in [0.1, 0.15) is 28.7 Å². The van der Waals surface area contributed by atoms with Crippen molar-refractivity contribution in [3.63, 3.8) is 0 Å². The molecule has 0 bridgehead atoms. The monoisotopic (exact) mass is 202 g/mol. The highest BCUT2D eigenvalue weighted by atomic mass is 16.6. The minimum absolute atomic E-state index is 0. The van der Waals surface area contributed by atoms with Crippen LogP contribution >= 0.6 is 0 Å². The maximum atomic E-state index is 4.71. The molecule has 84 valence electrons. The van der Waals surface area contributed by atoms with E-state index >= 15 is 0 Å². The molecule has 0 heterocycles. The molecule has 0 spiro atoms. The van der Waals surface area contributed by atoms with Crippen molar-refractivity contribution in [2.24, 2.45) is 0 Å². The lowest BCUT2D eigenvalue weighted by Crippen LogP contribution is -2.15. The molecule has 4 radical (unpaired) electrons. The maximum Gasteiger partial charge on any atom is 0.317 e. The van der Waals surface area contributed by atoms with Gasteiger partial charge in [-0.15, -0.1) is 0 Å². The molecule has 0 aliphatic carbocycles. The first kappa shape index (κ1) is 23.6. The van der Waals surface area contributed by atoms with Gasteiger partial charge < -0.3 is 9.51 Å². The van der Waals surface area contributed by atoms with E-state index in [2.05, 4.69) is 9.51 Å². The topological polar surface area (TPSA) is 24.9 Å². The maximum absolute atomic E-state index is 4.71. The molecule has 0 amide bonds. The van der Waals surface area contributed by atoms with E-state index in [-0.39, 0.29) is 14.9 Å². The van der Waals surface area contributed by atoms with Crippen LogP contribution in [-0.2, 0) is 9.51 Å². The predicted octanol–water partition coefficient (Wildman–Crippen LogP) is 1.18. The van der Waals surface area contributed by atoms with Crippen molar-refractivity contribution in [1.29, 1.82) is 0 Å². The van der Waals surface area contributed by atoms with Crippen LogP contribution in [0.25, 0.3) is 0 Å². The lowest BCUT2D eigenvalue weighted by Gasteiger charge is -2.08. The van der Waals surface area contributed by atoms with Gasteiger partial charge in [-0.1, -0.05) is 28.7 Å². The molecule has 0 aliphatic rings. The van der Waals surface area contributed by atoms with Gasteiger partial charge in [-0.3, -0.25) is 0 Å². The first-order valence-electron chi connectivity index (χ1n) is 3.78. The summed E-state index contributed by atoms with van der Waals surface area (Å²) in [6, 6.07) is 0. The van der Waals surface area contributed by atoms with E-state index in [4.69, 9.17) is 16.1 Å². The fraction of sp³-hybridized carbons (Fsp3) is 1.00. The van der Waals surface area contributed by atoms with Crippen LogP contribution in [0.2, 0.25) is 0 Å². The molecule has 0 aliphatic heterocycles. The van der Waals surface area contributed by atoms with Gasteiger partial charge in [0.25, 0.3) is 0 Å². The van der Waals surface area contributed by atoms with Gasteiger partial charge in [0.2, 0.25) is 0 Å². The van der Waals surface area contributed by atoms with Gasteiger partial charge >= 0.3 is 16.1 Å². The molecule has 4 nitrogen and oxygen atoms in total. The molecule has 0 rings (SSSR count). The molecule has 6 heteroatoms. The average Bonchev–Trinajstić information content (AvgIpc) is 2.16. The Hall–Kier alpha value is -0.0301. The molecule has 0 fully saturated rings. The summed E-state index contributed by atoms with van der Waals surface area (Å²) in [5.41, 5.74) is 0. The molecule has 0 unspecified atom stereocenters. The smallest absolute Gasteiger partial charge is 0.317 e. The third-order valence-electron chi connectivity index (χ3n) is 1.25. The van der Waals surface area contributed by atoms with Crippen molar-refractivity contribution in [2.45, 2.75) is 28.7 Å². The zero-order valence-corrected chi connectivity index (χ0v) is 8.28. The van der Waals surface area contributed by atoms with Crippen molar-refractivity contribution < 1.29 is 9.51 Å². The first-order valence-corrected chi connectivity index (χ1v) is 3.78. The van der Waals surface area contributed by atoms with Crippen molar-refractivity contribution >= 4 is 16.1 Å². The van der Waals surface area contributed by atoms with Crippen molar-refractivity contribution in [2.75, 3.05) is 27.2 Å². The summed E-state index contributed by atoms with van der Waals surface area (Å²) >= 11 is 0. The third-order valence-corrected chi connectivity index (χ3v) is 1.25. The van der Waals surface area contributed by atoms with E-state index in [1.165, 1.54) is 10.1 Å². The Balaban J connectivity index is -0.0000000625. The Morgan fingerprint density at radius 2 is 1.07 bits per heavy atom. The van der Waals surface area contributed by atoms with Crippen molar-refractivity contribution in [1.82, 2.24) is 10.1 Å². The number of hydrogen-bond acceptors (Lipinski definition) is 4. The molecule has 0 aromatic heterocycles. The summed E-state index contributed by atoms with van der Waals surface area (Å²) in [4.78, 5) is 0. The van der Waals surface area contributed by atoms with Gasteiger partial charge in [-0.05, 0) is 0 Å². The number of hydroxylamine groups is 4. The Labute approximate surface area is 92.3 Å². The normalized spacial score (nSPS) is 8.43. The Morgan fingerprint density at radius 1 is 0.857 bits per heavy atom. The van der Waals surface area contributed by atoms with Gasteiger partial charge in [0.1, 0.15) is 0 Å². The van der Waals surface area contributed by atoms with Crippen LogP contribution in [0, 0.1) is 0 Å². The van der Waals surface area contributed by atoms with Crippen LogP contribution in [0.4, 0.5) is 0 Å². The molecule has 0 N–H and O–H groups in total. The van der Waals surface area contributed by atoms with Crippen molar-refractivity contribution in [3.05, 3.63) is 0 Å². The standard InChI is InChI=1S/2C3H8BNO.2CH4/c2*1-3-5(2)6-4;;/h2*3H2,1-2H3;2*1H4. The third kappa shape index (κ3) is 22.7. The van der Waals surface area contributed by atoms with E-state index in [9.17, 15) is 0 Å². The highest BCUT2D eigenvalue weighted by Gasteiger charge is 1.82. The number of rotatable bonds is 4. The molecule has 0 saturated heterocycles. The predicted molar refractivity (Wildman–Crippen MR) is 63.7 cm³/mol. The van der Waals surface area contributed by atoms with Gasteiger partial charge in [0.05, 0.1) is 0 Å². The summed E-state index contributed by atoms with van der Waals surface area (Å²) in [6.07, 6.45) is 0. The van der Waals surface area contributed by atoms with Crippen LogP contribution < -0.4 is 0 Å². The van der Waals surface area contributed by atoms with Gasteiger partial charge in [0, 0.05) is 27.2 Å². The Bertz CT molecular complexity index is 71.7. The largest absolute Gasteiger partial charge is 0.374 e. The number of nitrogens with zero attached hydrogens (tertiary/aromatic N) is 2. The Morgan fingerprint density at radius 3 is 1.07 bits per heavy atom. The lowest BCUT2D eigenvalue weighted by molar-refractivity contribution is -0.0176. The fourth-order valence-electron chi connectivity index (χ4n) is 0.149. The highest BCUT2D eigenvalue weighted by Crippen LogP contribution is 1.73. The van der Waals surface area contributed by atoms with Crippen LogP contribution in [0.15, 0.2) is 0 Å². The molecule has 0 atom stereocenters. The zero-order valence-electron chi connectivity index (χ0n) is 8.28. The summed E-state index contributed by atoms with van der Waals surface area (Å²) in [5, 5.41) is 3.06.